The predicted molar refractivity (Wildman–Crippen MR) is 55.2 cm³/mol. The van der Waals surface area contributed by atoms with Gasteiger partial charge in [-0.25, -0.2) is 0 Å². The zero-order valence-corrected chi connectivity index (χ0v) is 8.52. The molecule has 0 aliphatic carbocycles. The smallest absolute Gasteiger partial charge is 0.140 e. The van der Waals surface area contributed by atoms with Crippen LogP contribution in [0.4, 0.5) is 5.69 Å². The molecule has 0 saturated carbocycles. The van der Waals surface area contributed by atoms with E-state index < -0.39 is 0 Å². The zero-order valence-electron chi connectivity index (χ0n) is 8.52. The first-order valence-corrected chi connectivity index (χ1v) is 4.68. The highest BCUT2D eigenvalue weighted by Crippen LogP contribution is 2.36. The van der Waals surface area contributed by atoms with E-state index in [-0.39, 0.29) is 5.41 Å². The van der Waals surface area contributed by atoms with Crippen LogP contribution in [-0.4, -0.2) is 7.05 Å². The van der Waals surface area contributed by atoms with E-state index in [1.54, 1.807) is 0 Å². The second-order valence-electron chi connectivity index (χ2n) is 4.27. The SMILES string of the molecule is C=C1[NH+](C)c2ccccc2C1(C)C. The molecule has 1 unspecified atom stereocenters. The van der Waals surface area contributed by atoms with Crippen LogP contribution in [0.25, 0.3) is 0 Å². The van der Waals surface area contributed by atoms with Crippen molar-refractivity contribution < 1.29 is 4.90 Å². The van der Waals surface area contributed by atoms with Gasteiger partial charge in [0, 0.05) is 5.56 Å². The molecule has 1 nitrogen and oxygen atoms in total. The summed E-state index contributed by atoms with van der Waals surface area (Å²) in [5.74, 6) is 0. The first kappa shape index (κ1) is 8.52. The predicted octanol–water partition coefficient (Wildman–Crippen LogP) is 1.64. The van der Waals surface area contributed by atoms with Gasteiger partial charge in [0.1, 0.15) is 11.4 Å². The van der Waals surface area contributed by atoms with Crippen LogP contribution < -0.4 is 4.90 Å². The summed E-state index contributed by atoms with van der Waals surface area (Å²) in [4.78, 5) is 1.35. The van der Waals surface area contributed by atoms with Gasteiger partial charge in [-0.3, -0.25) is 4.90 Å². The molecule has 1 aliphatic rings. The lowest BCUT2D eigenvalue weighted by atomic mass is 9.85. The number of allylic oxidation sites excluding steroid dienone is 1. The van der Waals surface area contributed by atoms with Crippen LogP contribution in [0, 0.1) is 0 Å². The molecule has 1 aromatic rings. The molecule has 0 bridgehead atoms. The minimum Gasteiger partial charge on any atom is -0.276 e. The van der Waals surface area contributed by atoms with Crippen LogP contribution in [0.2, 0.25) is 0 Å². The number of fused-ring (bicyclic) bond motifs is 1. The van der Waals surface area contributed by atoms with Crippen LogP contribution in [-0.2, 0) is 5.41 Å². The van der Waals surface area contributed by atoms with E-state index >= 15 is 0 Å². The van der Waals surface area contributed by atoms with Crippen molar-refractivity contribution in [3.8, 4) is 0 Å². The van der Waals surface area contributed by atoms with Gasteiger partial charge in [-0.1, -0.05) is 18.2 Å². The lowest BCUT2D eigenvalue weighted by Crippen LogP contribution is -3.01. The van der Waals surface area contributed by atoms with Crippen LogP contribution >= 0.6 is 0 Å². The molecule has 1 aliphatic heterocycles. The standard InChI is InChI=1S/C12H15N/c1-9-12(2,3)10-7-5-6-8-11(10)13(9)4/h5-8H,1H2,2-4H3/p+1. The van der Waals surface area contributed by atoms with Gasteiger partial charge in [0.25, 0.3) is 0 Å². The summed E-state index contributed by atoms with van der Waals surface area (Å²) in [7, 11) is 2.16. The molecule has 0 aromatic heterocycles. The van der Waals surface area contributed by atoms with E-state index in [0.29, 0.717) is 0 Å². The van der Waals surface area contributed by atoms with Gasteiger partial charge in [0.15, 0.2) is 0 Å². The average Bonchev–Trinajstić information content (AvgIpc) is 2.30. The highest BCUT2D eigenvalue weighted by atomic mass is 15.1. The summed E-state index contributed by atoms with van der Waals surface area (Å²) in [6.07, 6.45) is 0. The molecule has 13 heavy (non-hydrogen) atoms. The molecule has 0 spiro atoms. The minimum atomic E-state index is 0.126. The highest BCUT2D eigenvalue weighted by molar-refractivity contribution is 5.51. The summed E-state index contributed by atoms with van der Waals surface area (Å²) in [5.41, 5.74) is 4.17. The number of nitrogens with one attached hydrogen (secondary N) is 1. The second-order valence-corrected chi connectivity index (χ2v) is 4.27. The lowest BCUT2D eigenvalue weighted by molar-refractivity contribution is -0.764. The largest absolute Gasteiger partial charge is 0.276 e. The molecule has 0 radical (unpaired) electrons. The van der Waals surface area contributed by atoms with Crippen molar-refractivity contribution in [1.82, 2.24) is 0 Å². The van der Waals surface area contributed by atoms with Crippen molar-refractivity contribution in [2.75, 3.05) is 7.05 Å². The Labute approximate surface area is 79.7 Å². The van der Waals surface area contributed by atoms with Crippen molar-refractivity contribution in [1.29, 1.82) is 0 Å². The highest BCUT2D eigenvalue weighted by Gasteiger charge is 2.41. The second kappa shape index (κ2) is 2.46. The number of hydrogen-bond acceptors (Lipinski definition) is 0. The third-order valence-electron chi connectivity index (χ3n) is 3.21. The summed E-state index contributed by atoms with van der Waals surface area (Å²) < 4.78 is 0. The fourth-order valence-electron chi connectivity index (χ4n) is 2.15. The number of para-hydroxylation sites is 1. The molecule has 0 saturated heterocycles. The van der Waals surface area contributed by atoms with Gasteiger partial charge in [-0.2, -0.15) is 0 Å². The normalized spacial score (nSPS) is 24.5. The monoisotopic (exact) mass is 174 g/mol. The van der Waals surface area contributed by atoms with E-state index in [9.17, 15) is 0 Å². The Morgan fingerprint density at radius 2 is 1.85 bits per heavy atom. The van der Waals surface area contributed by atoms with Gasteiger partial charge in [0.2, 0.25) is 0 Å². The molecule has 1 heteroatoms. The minimum absolute atomic E-state index is 0.126. The topological polar surface area (TPSA) is 4.44 Å². The van der Waals surface area contributed by atoms with E-state index in [2.05, 4.69) is 51.7 Å². The fourth-order valence-corrected chi connectivity index (χ4v) is 2.15. The van der Waals surface area contributed by atoms with Gasteiger partial charge >= 0.3 is 0 Å². The van der Waals surface area contributed by atoms with Crippen molar-refractivity contribution in [2.45, 2.75) is 19.3 Å². The number of rotatable bonds is 0. The molecular weight excluding hydrogens is 158 g/mol. The molecule has 68 valence electrons. The number of hydrogen-bond donors (Lipinski definition) is 1. The Kier molecular flexibility index (Phi) is 1.61. The van der Waals surface area contributed by atoms with Crippen molar-refractivity contribution in [3.63, 3.8) is 0 Å². The fraction of sp³-hybridized carbons (Fsp3) is 0.333. The average molecular weight is 174 g/mol. The first-order chi connectivity index (χ1) is 6.05. The van der Waals surface area contributed by atoms with Gasteiger partial charge in [-0.15, -0.1) is 0 Å². The lowest BCUT2D eigenvalue weighted by Gasteiger charge is -2.17. The first-order valence-electron chi connectivity index (χ1n) is 4.68. The maximum absolute atomic E-state index is 4.17. The third kappa shape index (κ3) is 0.971. The Morgan fingerprint density at radius 3 is 2.46 bits per heavy atom. The number of benzene rings is 1. The maximum atomic E-state index is 4.17. The zero-order chi connectivity index (χ0) is 9.64. The quantitative estimate of drug-likeness (QED) is 0.610. The third-order valence-corrected chi connectivity index (χ3v) is 3.21. The van der Waals surface area contributed by atoms with E-state index in [1.165, 1.54) is 21.8 Å². The Bertz CT molecular complexity index is 363. The van der Waals surface area contributed by atoms with E-state index in [1.807, 2.05) is 0 Å². The van der Waals surface area contributed by atoms with E-state index in [4.69, 9.17) is 0 Å². The maximum Gasteiger partial charge on any atom is 0.140 e. The summed E-state index contributed by atoms with van der Waals surface area (Å²) in [6.45, 7) is 8.65. The Hall–Kier alpha value is -1.08. The molecule has 1 atom stereocenters. The summed E-state index contributed by atoms with van der Waals surface area (Å²) in [6, 6.07) is 8.59. The molecule has 0 fully saturated rings. The molecular formula is C12H16N+. The van der Waals surface area contributed by atoms with Crippen LogP contribution in [0.3, 0.4) is 0 Å². The van der Waals surface area contributed by atoms with E-state index in [0.717, 1.165) is 0 Å². The van der Waals surface area contributed by atoms with Crippen LogP contribution in [0.15, 0.2) is 36.5 Å². The van der Waals surface area contributed by atoms with Crippen molar-refractivity contribution in [3.05, 3.63) is 42.1 Å². The number of likely N-dealkylation sites (N-methyl/N-ethyl adjacent to an activating group) is 1. The molecule has 0 amide bonds. The summed E-state index contributed by atoms with van der Waals surface area (Å²) >= 11 is 0. The van der Waals surface area contributed by atoms with Gasteiger partial charge in [-0.05, 0) is 26.5 Å². The van der Waals surface area contributed by atoms with Gasteiger partial charge < -0.3 is 0 Å². The Balaban J connectivity index is 2.68. The van der Waals surface area contributed by atoms with Crippen LogP contribution in [0.5, 0.6) is 0 Å². The Morgan fingerprint density at radius 1 is 1.23 bits per heavy atom. The molecule has 1 heterocycles. The van der Waals surface area contributed by atoms with Crippen molar-refractivity contribution >= 4 is 5.69 Å². The molecule has 1 N–H and O–H groups in total. The number of quaternary nitrogens is 1. The van der Waals surface area contributed by atoms with Gasteiger partial charge in [0.05, 0.1) is 12.5 Å². The van der Waals surface area contributed by atoms with Crippen LogP contribution in [0.1, 0.15) is 19.4 Å². The molecule has 1 aromatic carbocycles. The summed E-state index contributed by atoms with van der Waals surface area (Å²) in [5, 5.41) is 0. The molecule has 2 rings (SSSR count). The van der Waals surface area contributed by atoms with Crippen molar-refractivity contribution in [2.24, 2.45) is 0 Å².